The molecule has 0 bridgehead atoms. The van der Waals surface area contributed by atoms with Gasteiger partial charge >= 0.3 is 0 Å². The minimum atomic E-state index is -0.349. The Morgan fingerprint density at radius 3 is 2.61 bits per heavy atom. The molecular weight excluding hydrogens is 315 g/mol. The van der Waals surface area contributed by atoms with Crippen molar-refractivity contribution in [2.75, 3.05) is 19.4 Å². The van der Waals surface area contributed by atoms with Crippen molar-refractivity contribution in [2.24, 2.45) is 16.7 Å². The summed E-state index contributed by atoms with van der Waals surface area (Å²) in [6, 6.07) is 12.0. The Balaban J connectivity index is 2.43. The number of nitrogens with zero attached hydrogens (tertiary/aromatic N) is 2. The van der Waals surface area contributed by atoms with E-state index in [1.54, 1.807) is 25.2 Å². The molecule has 0 saturated carbocycles. The first-order valence-electron chi connectivity index (χ1n) is 6.83. The van der Waals surface area contributed by atoms with Crippen LogP contribution in [0.1, 0.15) is 5.56 Å². The Kier molecular flexibility index (Phi) is 5.80. The van der Waals surface area contributed by atoms with Crippen LogP contribution in [0.15, 0.2) is 52.5 Å². The van der Waals surface area contributed by atoms with Gasteiger partial charge in [0.2, 0.25) is 0 Å². The summed E-state index contributed by atoms with van der Waals surface area (Å²) in [7, 11) is 3.39. The SMILES string of the molecule is CNSc1ccc(Nc2ccccc2F)c(/C(N)=N/N(C)N)c1. The lowest BCUT2D eigenvalue weighted by Gasteiger charge is -2.15. The minimum absolute atomic E-state index is 0.229. The zero-order chi connectivity index (χ0) is 16.8. The topological polar surface area (TPSA) is 91.7 Å². The molecule has 0 fully saturated rings. The Hall–Kier alpha value is -2.29. The summed E-state index contributed by atoms with van der Waals surface area (Å²) in [6.07, 6.45) is 0. The van der Waals surface area contributed by atoms with Crippen LogP contribution in [0.2, 0.25) is 0 Å². The van der Waals surface area contributed by atoms with Gasteiger partial charge in [0, 0.05) is 23.2 Å². The summed E-state index contributed by atoms with van der Waals surface area (Å²) >= 11 is 1.44. The molecule has 0 unspecified atom stereocenters. The highest BCUT2D eigenvalue weighted by molar-refractivity contribution is 7.97. The van der Waals surface area contributed by atoms with E-state index in [4.69, 9.17) is 11.6 Å². The van der Waals surface area contributed by atoms with Gasteiger partial charge in [0.05, 0.1) is 5.69 Å². The van der Waals surface area contributed by atoms with Gasteiger partial charge in [-0.1, -0.05) is 12.1 Å². The van der Waals surface area contributed by atoms with Crippen LogP contribution >= 0.6 is 11.9 Å². The van der Waals surface area contributed by atoms with E-state index >= 15 is 0 Å². The van der Waals surface area contributed by atoms with Crippen molar-refractivity contribution in [3.8, 4) is 0 Å². The van der Waals surface area contributed by atoms with Gasteiger partial charge in [-0.3, -0.25) is 4.72 Å². The van der Waals surface area contributed by atoms with Gasteiger partial charge in [-0.15, -0.1) is 5.10 Å². The number of amidine groups is 1. The summed E-state index contributed by atoms with van der Waals surface area (Å²) in [5, 5.41) is 8.18. The molecule has 2 rings (SSSR count). The zero-order valence-electron chi connectivity index (χ0n) is 12.9. The molecule has 0 aliphatic heterocycles. The second-order valence-electron chi connectivity index (χ2n) is 4.68. The number of hydrazine groups is 1. The maximum atomic E-state index is 13.9. The molecule has 0 amide bonds. The Morgan fingerprint density at radius 1 is 1.22 bits per heavy atom. The Labute approximate surface area is 138 Å². The lowest BCUT2D eigenvalue weighted by atomic mass is 10.1. The fourth-order valence-electron chi connectivity index (χ4n) is 1.96. The number of hydrogen-bond donors (Lipinski definition) is 4. The summed E-state index contributed by atoms with van der Waals surface area (Å²) in [6.45, 7) is 0. The van der Waals surface area contributed by atoms with Crippen LogP contribution < -0.4 is 21.6 Å². The number of nitrogens with two attached hydrogens (primary N) is 2. The molecule has 6 N–H and O–H groups in total. The average Bonchev–Trinajstić information content (AvgIpc) is 2.50. The van der Waals surface area contributed by atoms with E-state index in [2.05, 4.69) is 15.1 Å². The van der Waals surface area contributed by atoms with Crippen molar-refractivity contribution in [1.82, 2.24) is 9.84 Å². The molecular formula is C15H19FN6S. The van der Waals surface area contributed by atoms with Crippen molar-refractivity contribution in [3.63, 3.8) is 0 Å². The van der Waals surface area contributed by atoms with Crippen molar-refractivity contribution < 1.29 is 4.39 Å². The number of rotatable bonds is 6. The molecule has 2 aromatic rings. The van der Waals surface area contributed by atoms with Crippen LogP contribution in [0.3, 0.4) is 0 Å². The highest BCUT2D eigenvalue weighted by Gasteiger charge is 2.11. The largest absolute Gasteiger partial charge is 0.382 e. The van der Waals surface area contributed by atoms with E-state index in [0.717, 1.165) is 10.0 Å². The Bertz CT molecular complexity index is 704. The number of anilines is 2. The molecule has 2 aromatic carbocycles. The van der Waals surface area contributed by atoms with Crippen LogP contribution in [0.5, 0.6) is 0 Å². The van der Waals surface area contributed by atoms with Crippen LogP contribution in [0.25, 0.3) is 0 Å². The molecule has 23 heavy (non-hydrogen) atoms. The quantitative estimate of drug-likeness (QED) is 0.213. The maximum absolute atomic E-state index is 13.9. The highest BCUT2D eigenvalue weighted by Crippen LogP contribution is 2.27. The lowest BCUT2D eigenvalue weighted by Crippen LogP contribution is -2.26. The van der Waals surface area contributed by atoms with E-state index in [9.17, 15) is 4.39 Å². The lowest BCUT2D eigenvalue weighted by molar-refractivity contribution is 0.371. The monoisotopic (exact) mass is 334 g/mol. The molecule has 0 aliphatic carbocycles. The normalized spacial score (nSPS) is 11.4. The maximum Gasteiger partial charge on any atom is 0.154 e. The van der Waals surface area contributed by atoms with E-state index in [1.165, 1.54) is 18.0 Å². The van der Waals surface area contributed by atoms with Crippen LogP contribution in [-0.2, 0) is 0 Å². The average molecular weight is 334 g/mol. The number of benzene rings is 2. The molecule has 122 valence electrons. The Morgan fingerprint density at radius 2 is 1.96 bits per heavy atom. The highest BCUT2D eigenvalue weighted by atomic mass is 32.2. The van der Waals surface area contributed by atoms with Crippen molar-refractivity contribution in [2.45, 2.75) is 4.90 Å². The number of para-hydroxylation sites is 1. The van der Waals surface area contributed by atoms with E-state index in [-0.39, 0.29) is 11.7 Å². The molecule has 0 atom stereocenters. The number of nitrogens with one attached hydrogen (secondary N) is 2. The first kappa shape index (κ1) is 17.1. The van der Waals surface area contributed by atoms with Crippen molar-refractivity contribution >= 4 is 29.2 Å². The van der Waals surface area contributed by atoms with E-state index in [0.29, 0.717) is 16.9 Å². The van der Waals surface area contributed by atoms with Gasteiger partial charge in [0.1, 0.15) is 5.82 Å². The summed E-state index contributed by atoms with van der Waals surface area (Å²) in [4.78, 5) is 0.944. The summed E-state index contributed by atoms with van der Waals surface area (Å²) in [5.41, 5.74) is 7.64. The van der Waals surface area contributed by atoms with Gasteiger partial charge in [0.15, 0.2) is 5.84 Å². The van der Waals surface area contributed by atoms with Gasteiger partial charge in [-0.2, -0.15) is 0 Å². The van der Waals surface area contributed by atoms with Gasteiger partial charge in [0.25, 0.3) is 0 Å². The smallest absolute Gasteiger partial charge is 0.154 e. The first-order chi connectivity index (χ1) is 11.0. The predicted molar refractivity (Wildman–Crippen MR) is 93.7 cm³/mol. The molecule has 0 aromatic heterocycles. The fourth-order valence-corrected chi connectivity index (χ4v) is 2.51. The van der Waals surface area contributed by atoms with Crippen LogP contribution in [0, 0.1) is 5.82 Å². The molecule has 0 aliphatic rings. The fraction of sp³-hybridized carbons (Fsp3) is 0.133. The predicted octanol–water partition coefficient (Wildman–Crippen LogP) is 2.22. The van der Waals surface area contributed by atoms with Gasteiger partial charge < -0.3 is 11.1 Å². The number of hydrazone groups is 1. The van der Waals surface area contributed by atoms with Crippen molar-refractivity contribution in [3.05, 3.63) is 53.8 Å². The molecule has 0 radical (unpaired) electrons. The second-order valence-corrected chi connectivity index (χ2v) is 5.76. The third kappa shape index (κ3) is 4.59. The van der Waals surface area contributed by atoms with E-state index < -0.39 is 0 Å². The minimum Gasteiger partial charge on any atom is -0.382 e. The third-order valence-corrected chi connectivity index (χ3v) is 3.59. The zero-order valence-corrected chi connectivity index (χ0v) is 13.7. The first-order valence-corrected chi connectivity index (χ1v) is 7.65. The van der Waals surface area contributed by atoms with Gasteiger partial charge in [-0.25, -0.2) is 15.4 Å². The number of hydrogen-bond acceptors (Lipinski definition) is 6. The molecule has 6 nitrogen and oxygen atoms in total. The standard InChI is InChI=1S/C15H19FN6S/c1-19-23-10-7-8-13(11(9-10)15(17)21-22(2)18)20-14-6-4-3-5-12(14)16/h3-9,19-20H,18H2,1-2H3,(H2,17,21). The van der Waals surface area contributed by atoms with E-state index in [1.807, 2.05) is 25.2 Å². The molecule has 0 saturated heterocycles. The molecule has 0 heterocycles. The summed E-state index contributed by atoms with van der Waals surface area (Å²) < 4.78 is 16.8. The van der Waals surface area contributed by atoms with Gasteiger partial charge in [-0.05, 0) is 49.3 Å². The number of halogens is 1. The van der Waals surface area contributed by atoms with Crippen LogP contribution in [-0.4, -0.2) is 25.0 Å². The second kappa shape index (κ2) is 7.82. The summed E-state index contributed by atoms with van der Waals surface area (Å²) in [5.74, 6) is 5.40. The van der Waals surface area contributed by atoms with Crippen molar-refractivity contribution in [1.29, 1.82) is 0 Å². The third-order valence-electron chi connectivity index (χ3n) is 2.90. The van der Waals surface area contributed by atoms with Crippen LogP contribution in [0.4, 0.5) is 15.8 Å². The molecule has 0 spiro atoms. The molecule has 8 heteroatoms.